The maximum atomic E-state index is 12.2. The Hall–Kier alpha value is -2.50. The number of amides is 1. The highest BCUT2D eigenvalue weighted by Gasteiger charge is 2.14. The molecule has 0 atom stereocenters. The van der Waals surface area contributed by atoms with Gasteiger partial charge in [0, 0.05) is 5.69 Å². The molecule has 0 radical (unpaired) electrons. The lowest BCUT2D eigenvalue weighted by Gasteiger charge is -2.00. The minimum Gasteiger partial charge on any atom is -0.320 e. The van der Waals surface area contributed by atoms with Gasteiger partial charge in [0.2, 0.25) is 5.01 Å². The lowest BCUT2D eigenvalue weighted by atomic mass is 10.1. The number of carbonyl (C=O) groups is 1. The molecule has 0 aliphatic rings. The smallest absolute Gasteiger partial charge is 0.286 e. The second-order valence-electron chi connectivity index (χ2n) is 5.32. The average Bonchev–Trinajstić information content (AvgIpc) is 3.14. The Morgan fingerprint density at radius 2 is 1.76 bits per heavy atom. The number of para-hydroxylation sites is 1. The minimum atomic E-state index is -0.299. The van der Waals surface area contributed by atoms with Crippen LogP contribution in [0, 0.1) is 0 Å². The van der Waals surface area contributed by atoms with E-state index in [1.54, 1.807) is 0 Å². The van der Waals surface area contributed by atoms with Crippen molar-refractivity contribution in [2.24, 2.45) is 0 Å². The normalized spacial score (nSPS) is 11.4. The molecule has 0 saturated carbocycles. The molecule has 1 N–H and O–H groups in total. The van der Waals surface area contributed by atoms with Gasteiger partial charge in [-0.1, -0.05) is 72.3 Å². The number of aromatic nitrogens is 2. The van der Waals surface area contributed by atoms with Gasteiger partial charge in [0.25, 0.3) is 5.91 Å². The third-order valence-electron chi connectivity index (χ3n) is 3.54. The van der Waals surface area contributed by atoms with Crippen molar-refractivity contribution in [2.75, 3.05) is 5.32 Å². The number of halogens is 1. The Kier molecular flexibility index (Phi) is 5.58. The first-order chi connectivity index (χ1) is 12.2. The molecule has 1 aromatic heterocycles. The second-order valence-corrected chi connectivity index (χ2v) is 6.70. The van der Waals surface area contributed by atoms with Crippen molar-refractivity contribution in [1.82, 2.24) is 10.2 Å². The standard InChI is InChI=1S/C19H16ClN3OS/c1-2-13-8-10-14(11-9-13)12-16(20)18-22-23-19(25-18)17(24)21-15-6-4-3-5-7-15/h3-12H,2H2,1H3,(H,21,24)/b16-12-. The van der Waals surface area contributed by atoms with Gasteiger partial charge >= 0.3 is 0 Å². The third-order valence-corrected chi connectivity index (χ3v) is 4.89. The van der Waals surface area contributed by atoms with E-state index < -0.39 is 0 Å². The number of rotatable bonds is 5. The molecule has 0 bridgehead atoms. The van der Waals surface area contributed by atoms with Crippen molar-refractivity contribution >= 4 is 45.6 Å². The Morgan fingerprint density at radius 1 is 1.08 bits per heavy atom. The summed E-state index contributed by atoms with van der Waals surface area (Å²) in [5, 5.41) is 12.0. The van der Waals surface area contributed by atoms with E-state index >= 15 is 0 Å². The molecular formula is C19H16ClN3OS. The Bertz CT molecular complexity index is 889. The summed E-state index contributed by atoms with van der Waals surface area (Å²) in [6.45, 7) is 2.11. The predicted octanol–water partition coefficient (Wildman–Crippen LogP) is 5.09. The van der Waals surface area contributed by atoms with E-state index in [1.807, 2.05) is 48.5 Å². The Labute approximate surface area is 155 Å². The predicted molar refractivity (Wildman–Crippen MR) is 104 cm³/mol. The molecule has 25 heavy (non-hydrogen) atoms. The largest absolute Gasteiger partial charge is 0.320 e. The van der Waals surface area contributed by atoms with Crippen LogP contribution in [0.2, 0.25) is 0 Å². The topological polar surface area (TPSA) is 54.9 Å². The van der Waals surface area contributed by atoms with Gasteiger partial charge in [-0.2, -0.15) is 0 Å². The highest BCUT2D eigenvalue weighted by atomic mass is 35.5. The first-order valence-corrected chi connectivity index (χ1v) is 9.01. The van der Waals surface area contributed by atoms with Gasteiger partial charge in [0.15, 0.2) is 5.01 Å². The zero-order chi connectivity index (χ0) is 17.6. The van der Waals surface area contributed by atoms with E-state index in [0.717, 1.165) is 23.3 Å². The number of hydrogen-bond acceptors (Lipinski definition) is 4. The highest BCUT2D eigenvalue weighted by Crippen LogP contribution is 2.26. The van der Waals surface area contributed by atoms with Crippen LogP contribution in [0.25, 0.3) is 11.1 Å². The van der Waals surface area contributed by atoms with Gasteiger partial charge in [-0.15, -0.1) is 10.2 Å². The SMILES string of the molecule is CCc1ccc(/C=C(\Cl)c2nnc(C(=O)Nc3ccccc3)s2)cc1. The zero-order valence-corrected chi connectivity index (χ0v) is 15.1. The monoisotopic (exact) mass is 369 g/mol. The van der Waals surface area contributed by atoms with Crippen molar-refractivity contribution in [1.29, 1.82) is 0 Å². The average molecular weight is 370 g/mol. The zero-order valence-electron chi connectivity index (χ0n) is 13.6. The molecule has 0 spiro atoms. The Balaban J connectivity index is 1.73. The molecular weight excluding hydrogens is 354 g/mol. The number of nitrogens with zero attached hydrogens (tertiary/aromatic N) is 2. The quantitative estimate of drug-likeness (QED) is 0.681. The number of benzene rings is 2. The molecule has 1 heterocycles. The van der Waals surface area contributed by atoms with Crippen LogP contribution in [0.4, 0.5) is 5.69 Å². The summed E-state index contributed by atoms with van der Waals surface area (Å²) in [5.74, 6) is -0.299. The maximum Gasteiger partial charge on any atom is 0.286 e. The summed E-state index contributed by atoms with van der Waals surface area (Å²) in [7, 11) is 0. The van der Waals surface area contributed by atoms with Crippen LogP contribution in [0.5, 0.6) is 0 Å². The molecule has 0 saturated heterocycles. The fraction of sp³-hybridized carbons (Fsp3) is 0.105. The van der Waals surface area contributed by atoms with Gasteiger partial charge in [-0.25, -0.2) is 0 Å². The molecule has 0 aliphatic carbocycles. The lowest BCUT2D eigenvalue weighted by molar-refractivity contribution is 0.102. The second kappa shape index (κ2) is 8.05. The summed E-state index contributed by atoms with van der Waals surface area (Å²) >= 11 is 7.49. The number of anilines is 1. The molecule has 3 rings (SSSR count). The molecule has 126 valence electrons. The van der Waals surface area contributed by atoms with Crippen LogP contribution in [-0.2, 0) is 6.42 Å². The van der Waals surface area contributed by atoms with Crippen molar-refractivity contribution in [3.63, 3.8) is 0 Å². The molecule has 0 aliphatic heterocycles. The Morgan fingerprint density at radius 3 is 2.44 bits per heavy atom. The van der Waals surface area contributed by atoms with Crippen LogP contribution in [0.3, 0.4) is 0 Å². The molecule has 0 unspecified atom stereocenters. The molecule has 3 aromatic rings. The summed E-state index contributed by atoms with van der Waals surface area (Å²) in [6.07, 6.45) is 2.81. The number of carbonyl (C=O) groups excluding carboxylic acids is 1. The van der Waals surface area contributed by atoms with E-state index in [9.17, 15) is 4.79 Å². The molecule has 0 fully saturated rings. The summed E-state index contributed by atoms with van der Waals surface area (Å²) < 4.78 is 0. The van der Waals surface area contributed by atoms with Gasteiger partial charge in [0.05, 0.1) is 5.03 Å². The van der Waals surface area contributed by atoms with Gasteiger partial charge in [0.1, 0.15) is 0 Å². The first-order valence-electron chi connectivity index (χ1n) is 7.82. The molecule has 2 aromatic carbocycles. The van der Waals surface area contributed by atoms with Gasteiger partial charge in [-0.05, 0) is 35.8 Å². The van der Waals surface area contributed by atoms with E-state index in [4.69, 9.17) is 11.6 Å². The molecule has 6 heteroatoms. The fourth-order valence-corrected chi connectivity index (χ4v) is 3.10. The van der Waals surface area contributed by atoms with Crippen molar-refractivity contribution in [3.8, 4) is 0 Å². The van der Waals surface area contributed by atoms with Crippen LogP contribution in [0.15, 0.2) is 54.6 Å². The van der Waals surface area contributed by atoms with Crippen molar-refractivity contribution < 1.29 is 4.79 Å². The van der Waals surface area contributed by atoms with Crippen LogP contribution in [0.1, 0.15) is 32.9 Å². The third kappa shape index (κ3) is 4.53. The van der Waals surface area contributed by atoms with Crippen LogP contribution in [-0.4, -0.2) is 16.1 Å². The van der Waals surface area contributed by atoms with Gasteiger partial charge < -0.3 is 5.32 Å². The van der Waals surface area contributed by atoms with Crippen LogP contribution < -0.4 is 5.32 Å². The number of hydrogen-bond donors (Lipinski definition) is 1. The lowest BCUT2D eigenvalue weighted by Crippen LogP contribution is -2.11. The van der Waals surface area contributed by atoms with E-state index in [2.05, 4.69) is 34.6 Å². The highest BCUT2D eigenvalue weighted by molar-refractivity contribution is 7.15. The van der Waals surface area contributed by atoms with E-state index in [0.29, 0.717) is 15.7 Å². The number of nitrogens with one attached hydrogen (secondary N) is 1. The summed E-state index contributed by atoms with van der Waals surface area (Å²) in [5.41, 5.74) is 2.96. The summed E-state index contributed by atoms with van der Waals surface area (Å²) in [4.78, 5) is 12.2. The van der Waals surface area contributed by atoms with Crippen molar-refractivity contribution in [2.45, 2.75) is 13.3 Å². The molecule has 1 amide bonds. The van der Waals surface area contributed by atoms with E-state index in [1.165, 1.54) is 5.56 Å². The number of aryl methyl sites for hydroxylation is 1. The van der Waals surface area contributed by atoms with Gasteiger partial charge in [-0.3, -0.25) is 4.79 Å². The van der Waals surface area contributed by atoms with E-state index in [-0.39, 0.29) is 10.9 Å². The van der Waals surface area contributed by atoms with Crippen molar-refractivity contribution in [3.05, 3.63) is 75.7 Å². The fourth-order valence-electron chi connectivity index (χ4n) is 2.18. The summed E-state index contributed by atoms with van der Waals surface area (Å²) in [6, 6.07) is 17.4. The van der Waals surface area contributed by atoms with Crippen LogP contribution >= 0.6 is 22.9 Å². The maximum absolute atomic E-state index is 12.2. The molecule has 4 nitrogen and oxygen atoms in total. The minimum absolute atomic E-state index is 0.270. The first kappa shape index (κ1) is 17.3.